The summed E-state index contributed by atoms with van der Waals surface area (Å²) in [7, 11) is 6.64. The lowest BCUT2D eigenvalue weighted by atomic mass is 10.0. The van der Waals surface area contributed by atoms with E-state index in [0.717, 1.165) is 19.6 Å². The minimum atomic E-state index is -0.0310. The highest BCUT2D eigenvalue weighted by Crippen LogP contribution is 2.30. The Kier molecular flexibility index (Phi) is 6.02. The fourth-order valence-electron chi connectivity index (χ4n) is 3.36. The van der Waals surface area contributed by atoms with Crippen molar-refractivity contribution in [2.75, 3.05) is 27.3 Å². The minimum Gasteiger partial charge on any atom is -0.383 e. The number of hydrogen-bond donors (Lipinski definition) is 0. The molecule has 0 spiro atoms. The lowest BCUT2D eigenvalue weighted by molar-refractivity contribution is 0.0149. The highest BCUT2D eigenvalue weighted by molar-refractivity contribution is 7.27. The lowest BCUT2D eigenvalue weighted by Gasteiger charge is -2.23. The van der Waals surface area contributed by atoms with Gasteiger partial charge in [0.2, 0.25) is 0 Å². The van der Waals surface area contributed by atoms with Crippen LogP contribution in [0.5, 0.6) is 0 Å². The smallest absolute Gasteiger partial charge is 0.108 e. The van der Waals surface area contributed by atoms with E-state index in [1.54, 1.807) is 7.11 Å². The average Bonchev–Trinajstić information content (AvgIpc) is 2.94. The van der Waals surface area contributed by atoms with Crippen molar-refractivity contribution in [3.63, 3.8) is 0 Å². The first kappa shape index (κ1) is 17.6. The van der Waals surface area contributed by atoms with E-state index >= 15 is 0 Å². The lowest BCUT2D eigenvalue weighted by Crippen LogP contribution is -2.29. The maximum Gasteiger partial charge on any atom is 0.108 e. The van der Waals surface area contributed by atoms with Crippen LogP contribution < -0.4 is 5.30 Å². The maximum atomic E-state index is 6.57. The maximum absolute atomic E-state index is 6.57. The second-order valence-corrected chi connectivity index (χ2v) is 7.17. The summed E-state index contributed by atoms with van der Waals surface area (Å²) in [6.07, 6.45) is 1.20. The fraction of sp³-hybridized carbons (Fsp3) is 0.400. The van der Waals surface area contributed by atoms with Gasteiger partial charge in [-0.3, -0.25) is 4.90 Å². The molecule has 3 rings (SSSR count). The normalized spacial score (nSPS) is 22.6. The highest BCUT2D eigenvalue weighted by atomic mass is 31.0. The SMILES string of the molecule is COCC1CC(OC(c2ccccc2)c2ccc(P)cc2)CN1C. The van der Waals surface area contributed by atoms with E-state index in [2.05, 4.69) is 69.7 Å². The molecular weight excluding hydrogens is 317 g/mol. The minimum absolute atomic E-state index is 0.0310. The molecule has 3 nitrogen and oxygen atoms in total. The molecule has 1 aliphatic rings. The summed E-state index contributed by atoms with van der Waals surface area (Å²) < 4.78 is 11.9. The molecule has 4 atom stereocenters. The summed E-state index contributed by atoms with van der Waals surface area (Å²) in [6, 6.07) is 19.5. The summed E-state index contributed by atoms with van der Waals surface area (Å²) in [4.78, 5) is 2.34. The molecule has 1 fully saturated rings. The number of benzene rings is 2. The van der Waals surface area contributed by atoms with Crippen LogP contribution in [0, 0.1) is 0 Å². The summed E-state index contributed by atoms with van der Waals surface area (Å²) in [5.74, 6) is 0. The number of likely N-dealkylation sites (N-methyl/N-ethyl adjacent to an activating group) is 1. The third-order valence-electron chi connectivity index (χ3n) is 4.68. The zero-order valence-corrected chi connectivity index (χ0v) is 15.5. The monoisotopic (exact) mass is 343 g/mol. The molecule has 0 bridgehead atoms. The van der Waals surface area contributed by atoms with Crippen molar-refractivity contribution in [3.8, 4) is 0 Å². The van der Waals surface area contributed by atoms with Gasteiger partial charge in [0.05, 0.1) is 12.7 Å². The van der Waals surface area contributed by atoms with Gasteiger partial charge in [-0.15, -0.1) is 9.24 Å². The van der Waals surface area contributed by atoms with Gasteiger partial charge in [-0.05, 0) is 29.9 Å². The van der Waals surface area contributed by atoms with Gasteiger partial charge in [-0.1, -0.05) is 54.6 Å². The Morgan fingerprint density at radius 3 is 2.42 bits per heavy atom. The van der Waals surface area contributed by atoms with E-state index in [0.29, 0.717) is 6.04 Å². The molecule has 4 heteroatoms. The van der Waals surface area contributed by atoms with E-state index in [1.807, 2.05) is 6.07 Å². The second-order valence-electron chi connectivity index (χ2n) is 6.50. The predicted octanol–water partition coefficient (Wildman–Crippen LogP) is 3.01. The summed E-state index contributed by atoms with van der Waals surface area (Å²) in [6.45, 7) is 1.70. The molecule has 128 valence electrons. The van der Waals surface area contributed by atoms with Crippen LogP contribution in [0.25, 0.3) is 0 Å². The Balaban J connectivity index is 1.80. The first-order valence-electron chi connectivity index (χ1n) is 8.42. The van der Waals surface area contributed by atoms with Crippen molar-refractivity contribution < 1.29 is 9.47 Å². The van der Waals surface area contributed by atoms with Crippen molar-refractivity contribution >= 4 is 14.5 Å². The molecule has 0 radical (unpaired) electrons. The molecule has 2 aromatic rings. The second kappa shape index (κ2) is 8.22. The Hall–Kier alpha value is -1.25. The molecule has 0 saturated carbocycles. The number of hydrogen-bond acceptors (Lipinski definition) is 3. The topological polar surface area (TPSA) is 21.7 Å². The number of rotatable bonds is 6. The number of methoxy groups -OCH3 is 1. The van der Waals surface area contributed by atoms with E-state index < -0.39 is 0 Å². The molecule has 1 aliphatic heterocycles. The molecule has 4 unspecified atom stereocenters. The highest BCUT2D eigenvalue weighted by Gasteiger charge is 2.32. The predicted molar refractivity (Wildman–Crippen MR) is 102 cm³/mol. The number of ether oxygens (including phenoxy) is 2. The molecule has 2 aromatic carbocycles. The Bertz CT molecular complexity index is 632. The van der Waals surface area contributed by atoms with Crippen LogP contribution in [0.15, 0.2) is 54.6 Å². The zero-order chi connectivity index (χ0) is 16.9. The fourth-order valence-corrected chi connectivity index (χ4v) is 3.55. The molecule has 0 aromatic heterocycles. The third-order valence-corrected chi connectivity index (χ3v) is 5.06. The first-order chi connectivity index (χ1) is 11.7. The van der Waals surface area contributed by atoms with Crippen LogP contribution in [0.1, 0.15) is 23.7 Å². The van der Waals surface area contributed by atoms with Gasteiger partial charge < -0.3 is 9.47 Å². The van der Waals surface area contributed by atoms with Gasteiger partial charge in [0.15, 0.2) is 0 Å². The molecular formula is C20H26NO2P. The van der Waals surface area contributed by atoms with Crippen molar-refractivity contribution in [1.82, 2.24) is 4.90 Å². The molecule has 1 heterocycles. The van der Waals surface area contributed by atoms with E-state index in [4.69, 9.17) is 9.47 Å². The zero-order valence-electron chi connectivity index (χ0n) is 14.4. The van der Waals surface area contributed by atoms with Gasteiger partial charge >= 0.3 is 0 Å². The standard InChI is InChI=1S/C20H26NO2P/c1-21-13-18(12-17(21)14-22-2)23-20(15-6-4-3-5-7-15)16-8-10-19(24)11-9-16/h3-11,17-18,20H,12-14,24H2,1-2H3. The van der Waals surface area contributed by atoms with Crippen molar-refractivity contribution in [3.05, 3.63) is 65.7 Å². The van der Waals surface area contributed by atoms with Crippen molar-refractivity contribution in [2.45, 2.75) is 24.7 Å². The molecule has 0 amide bonds. The average molecular weight is 343 g/mol. The van der Waals surface area contributed by atoms with Crippen molar-refractivity contribution in [2.24, 2.45) is 0 Å². The summed E-state index contributed by atoms with van der Waals surface area (Å²) in [5.41, 5.74) is 2.40. The molecule has 24 heavy (non-hydrogen) atoms. The van der Waals surface area contributed by atoms with Gasteiger partial charge in [0, 0.05) is 19.7 Å². The Morgan fingerprint density at radius 2 is 1.75 bits per heavy atom. The van der Waals surface area contributed by atoms with E-state index in [9.17, 15) is 0 Å². The number of nitrogens with zero attached hydrogens (tertiary/aromatic N) is 1. The van der Waals surface area contributed by atoms with Gasteiger partial charge in [0.25, 0.3) is 0 Å². The van der Waals surface area contributed by atoms with Crippen LogP contribution in [0.3, 0.4) is 0 Å². The van der Waals surface area contributed by atoms with Crippen LogP contribution in [0.4, 0.5) is 0 Å². The van der Waals surface area contributed by atoms with Crippen LogP contribution in [0.2, 0.25) is 0 Å². The summed E-state index contributed by atoms with van der Waals surface area (Å²) in [5, 5.41) is 1.19. The quantitative estimate of drug-likeness (QED) is 0.753. The Labute approximate surface area is 147 Å². The van der Waals surface area contributed by atoms with Crippen LogP contribution in [-0.2, 0) is 9.47 Å². The molecule has 0 N–H and O–H groups in total. The first-order valence-corrected chi connectivity index (χ1v) is 9.00. The van der Waals surface area contributed by atoms with E-state index in [1.165, 1.54) is 16.4 Å². The van der Waals surface area contributed by atoms with Crippen LogP contribution in [-0.4, -0.2) is 44.4 Å². The number of likely N-dealkylation sites (tertiary alicyclic amines) is 1. The molecule has 0 aliphatic carbocycles. The van der Waals surface area contributed by atoms with E-state index in [-0.39, 0.29) is 12.2 Å². The summed E-state index contributed by atoms with van der Waals surface area (Å²) >= 11 is 0. The third kappa shape index (κ3) is 4.23. The molecule has 1 saturated heterocycles. The van der Waals surface area contributed by atoms with Crippen molar-refractivity contribution in [1.29, 1.82) is 0 Å². The van der Waals surface area contributed by atoms with Gasteiger partial charge in [-0.2, -0.15) is 0 Å². The van der Waals surface area contributed by atoms with Crippen LogP contribution >= 0.6 is 9.24 Å². The largest absolute Gasteiger partial charge is 0.383 e. The van der Waals surface area contributed by atoms with Gasteiger partial charge in [0.1, 0.15) is 6.10 Å². The Morgan fingerprint density at radius 1 is 1.08 bits per heavy atom. The van der Waals surface area contributed by atoms with Gasteiger partial charge in [-0.25, -0.2) is 0 Å².